The molecule has 0 spiro atoms. The minimum atomic E-state index is 0.0664. The number of thiazole rings is 1. The van der Waals surface area contributed by atoms with Crippen LogP contribution in [0.4, 0.5) is 0 Å². The lowest BCUT2D eigenvalue weighted by atomic mass is 10.3. The minimum Gasteiger partial charge on any atom is -0.341 e. The van der Waals surface area contributed by atoms with Crippen LogP contribution in [0.5, 0.6) is 0 Å². The van der Waals surface area contributed by atoms with Crippen molar-refractivity contribution in [3.8, 4) is 0 Å². The van der Waals surface area contributed by atoms with E-state index in [1.807, 2.05) is 21.0 Å². The Hall–Kier alpha value is -0.940. The Morgan fingerprint density at radius 1 is 1.67 bits per heavy atom. The second-order valence-electron chi connectivity index (χ2n) is 3.43. The first-order valence-corrected chi connectivity index (χ1v) is 5.79. The summed E-state index contributed by atoms with van der Waals surface area (Å²) in [5, 5.41) is 3.99. The van der Waals surface area contributed by atoms with Gasteiger partial charge in [0.2, 0.25) is 0 Å². The normalized spacial score (nSPS) is 10.3. The first-order chi connectivity index (χ1) is 7.15. The molecule has 1 heterocycles. The number of carbonyl (C=O) groups is 1. The maximum absolute atomic E-state index is 11.8. The van der Waals surface area contributed by atoms with Gasteiger partial charge in [-0.3, -0.25) is 4.79 Å². The van der Waals surface area contributed by atoms with Crippen molar-refractivity contribution in [2.45, 2.75) is 13.3 Å². The molecule has 0 unspecified atom stereocenters. The van der Waals surface area contributed by atoms with E-state index in [9.17, 15) is 4.79 Å². The number of nitrogens with zero attached hydrogens (tertiary/aromatic N) is 2. The van der Waals surface area contributed by atoms with Crippen LogP contribution < -0.4 is 5.32 Å². The summed E-state index contributed by atoms with van der Waals surface area (Å²) in [5.74, 6) is 0.0664. The molecular formula is C10H17N3OS. The second kappa shape index (κ2) is 5.82. The molecule has 0 atom stereocenters. The number of aromatic nitrogens is 1. The van der Waals surface area contributed by atoms with E-state index in [-0.39, 0.29) is 5.91 Å². The number of hydrogen-bond acceptors (Lipinski definition) is 4. The van der Waals surface area contributed by atoms with Gasteiger partial charge < -0.3 is 10.2 Å². The molecule has 0 aliphatic rings. The first kappa shape index (κ1) is 12.1. The highest BCUT2D eigenvalue weighted by Crippen LogP contribution is 2.13. The predicted octanol–water partition coefficient (Wildman–Crippen LogP) is 1.13. The zero-order chi connectivity index (χ0) is 11.3. The molecule has 4 nitrogen and oxygen atoms in total. The summed E-state index contributed by atoms with van der Waals surface area (Å²) in [5.41, 5.74) is 0. The molecule has 0 saturated carbocycles. The second-order valence-corrected chi connectivity index (χ2v) is 4.66. The van der Waals surface area contributed by atoms with Gasteiger partial charge in [-0.1, -0.05) is 0 Å². The van der Waals surface area contributed by atoms with Crippen LogP contribution >= 0.6 is 11.3 Å². The molecule has 1 aromatic heterocycles. The standard InChI is InChI=1S/C10H17N3OS/c1-8-12-7-9(15-8)10(14)13(3)6-4-5-11-2/h7,11H,4-6H2,1-3H3. The van der Waals surface area contributed by atoms with Gasteiger partial charge in [-0.25, -0.2) is 4.98 Å². The van der Waals surface area contributed by atoms with Crippen molar-refractivity contribution in [2.24, 2.45) is 0 Å². The minimum absolute atomic E-state index is 0.0664. The van der Waals surface area contributed by atoms with E-state index in [0.29, 0.717) is 0 Å². The highest BCUT2D eigenvalue weighted by Gasteiger charge is 2.13. The molecule has 0 aliphatic carbocycles. The average molecular weight is 227 g/mol. The Kier molecular flexibility index (Phi) is 4.71. The topological polar surface area (TPSA) is 45.2 Å². The van der Waals surface area contributed by atoms with Crippen LogP contribution in [0.3, 0.4) is 0 Å². The Morgan fingerprint density at radius 3 is 2.93 bits per heavy atom. The Bertz CT molecular complexity index is 324. The number of hydrogen-bond donors (Lipinski definition) is 1. The third kappa shape index (κ3) is 3.60. The molecule has 1 N–H and O–H groups in total. The van der Waals surface area contributed by atoms with E-state index in [1.54, 1.807) is 11.1 Å². The van der Waals surface area contributed by atoms with Crippen LogP contribution in [0.1, 0.15) is 21.1 Å². The summed E-state index contributed by atoms with van der Waals surface area (Å²) in [6, 6.07) is 0. The molecule has 84 valence electrons. The van der Waals surface area contributed by atoms with E-state index in [0.717, 1.165) is 29.4 Å². The number of nitrogens with one attached hydrogen (secondary N) is 1. The fraction of sp³-hybridized carbons (Fsp3) is 0.600. The van der Waals surface area contributed by atoms with Gasteiger partial charge in [0.15, 0.2) is 0 Å². The summed E-state index contributed by atoms with van der Waals surface area (Å²) >= 11 is 1.45. The number of aryl methyl sites for hydroxylation is 1. The van der Waals surface area contributed by atoms with Gasteiger partial charge in [-0.2, -0.15) is 0 Å². The van der Waals surface area contributed by atoms with Crippen LogP contribution in [-0.4, -0.2) is 43.0 Å². The van der Waals surface area contributed by atoms with Crippen molar-refractivity contribution in [1.29, 1.82) is 0 Å². The van der Waals surface area contributed by atoms with E-state index in [4.69, 9.17) is 0 Å². The summed E-state index contributed by atoms with van der Waals surface area (Å²) in [4.78, 5) is 18.4. The van der Waals surface area contributed by atoms with Crippen molar-refractivity contribution in [2.75, 3.05) is 27.2 Å². The van der Waals surface area contributed by atoms with Gasteiger partial charge in [0.1, 0.15) is 4.88 Å². The Labute approximate surface area is 94.3 Å². The van der Waals surface area contributed by atoms with Crippen molar-refractivity contribution < 1.29 is 4.79 Å². The van der Waals surface area contributed by atoms with E-state index < -0.39 is 0 Å². The molecule has 0 aromatic carbocycles. The lowest BCUT2D eigenvalue weighted by Crippen LogP contribution is -2.28. The van der Waals surface area contributed by atoms with Crippen molar-refractivity contribution in [3.05, 3.63) is 16.1 Å². The van der Waals surface area contributed by atoms with Gasteiger partial charge >= 0.3 is 0 Å². The molecule has 0 fully saturated rings. The molecule has 1 rings (SSSR count). The SMILES string of the molecule is CNCCCN(C)C(=O)c1cnc(C)s1. The fourth-order valence-electron chi connectivity index (χ4n) is 1.24. The van der Waals surface area contributed by atoms with Crippen molar-refractivity contribution >= 4 is 17.2 Å². The summed E-state index contributed by atoms with van der Waals surface area (Å²) in [7, 11) is 3.74. The number of carbonyl (C=O) groups excluding carboxylic acids is 1. The summed E-state index contributed by atoms with van der Waals surface area (Å²) < 4.78 is 0. The monoisotopic (exact) mass is 227 g/mol. The van der Waals surface area contributed by atoms with E-state index >= 15 is 0 Å². The van der Waals surface area contributed by atoms with Crippen LogP contribution in [-0.2, 0) is 0 Å². The Morgan fingerprint density at radius 2 is 2.40 bits per heavy atom. The third-order valence-electron chi connectivity index (χ3n) is 2.10. The van der Waals surface area contributed by atoms with Crippen LogP contribution in [0, 0.1) is 6.92 Å². The maximum atomic E-state index is 11.8. The van der Waals surface area contributed by atoms with Crippen molar-refractivity contribution in [1.82, 2.24) is 15.2 Å². The quantitative estimate of drug-likeness (QED) is 0.767. The maximum Gasteiger partial charge on any atom is 0.265 e. The van der Waals surface area contributed by atoms with Crippen molar-refractivity contribution in [3.63, 3.8) is 0 Å². The molecular weight excluding hydrogens is 210 g/mol. The van der Waals surface area contributed by atoms with Crippen LogP contribution in [0.25, 0.3) is 0 Å². The van der Waals surface area contributed by atoms with Gasteiger partial charge in [0.25, 0.3) is 5.91 Å². The lowest BCUT2D eigenvalue weighted by Gasteiger charge is -2.15. The first-order valence-electron chi connectivity index (χ1n) is 4.97. The number of amides is 1. The zero-order valence-electron chi connectivity index (χ0n) is 9.41. The fourth-order valence-corrected chi connectivity index (χ4v) is 2.02. The smallest absolute Gasteiger partial charge is 0.265 e. The molecule has 1 aromatic rings. The molecule has 0 saturated heterocycles. The van der Waals surface area contributed by atoms with Crippen LogP contribution in [0.2, 0.25) is 0 Å². The van der Waals surface area contributed by atoms with Crippen LogP contribution in [0.15, 0.2) is 6.20 Å². The average Bonchev–Trinajstić information content (AvgIpc) is 2.64. The van der Waals surface area contributed by atoms with E-state index in [1.165, 1.54) is 11.3 Å². The van der Waals surface area contributed by atoms with Gasteiger partial charge in [-0.15, -0.1) is 11.3 Å². The predicted molar refractivity (Wildman–Crippen MR) is 62.4 cm³/mol. The summed E-state index contributed by atoms with van der Waals surface area (Å²) in [6.07, 6.45) is 2.62. The zero-order valence-corrected chi connectivity index (χ0v) is 10.2. The molecule has 0 radical (unpaired) electrons. The molecule has 5 heteroatoms. The van der Waals surface area contributed by atoms with E-state index in [2.05, 4.69) is 10.3 Å². The molecule has 1 amide bonds. The van der Waals surface area contributed by atoms with Gasteiger partial charge in [0, 0.05) is 13.6 Å². The molecule has 0 aliphatic heterocycles. The highest BCUT2D eigenvalue weighted by atomic mass is 32.1. The largest absolute Gasteiger partial charge is 0.341 e. The number of rotatable bonds is 5. The van der Waals surface area contributed by atoms with Gasteiger partial charge in [-0.05, 0) is 26.9 Å². The highest BCUT2D eigenvalue weighted by molar-refractivity contribution is 7.13. The lowest BCUT2D eigenvalue weighted by molar-refractivity contribution is 0.0798. The molecule has 0 bridgehead atoms. The third-order valence-corrected chi connectivity index (χ3v) is 3.00. The molecule has 15 heavy (non-hydrogen) atoms. The Balaban J connectivity index is 2.46. The summed E-state index contributed by atoms with van der Waals surface area (Å²) in [6.45, 7) is 3.61. The van der Waals surface area contributed by atoms with Gasteiger partial charge in [0.05, 0.1) is 11.2 Å².